The summed E-state index contributed by atoms with van der Waals surface area (Å²) in [5.41, 5.74) is 4.80. The zero-order valence-electron chi connectivity index (χ0n) is 24.0. The normalized spacial score (nSPS) is 12.5. The Morgan fingerprint density at radius 3 is 2.29 bits per heavy atom. The minimum Gasteiger partial charge on any atom is -0.454 e. The first-order valence-electron chi connectivity index (χ1n) is 13.5. The molecule has 1 aromatic heterocycles. The van der Waals surface area contributed by atoms with Crippen molar-refractivity contribution in [1.82, 2.24) is 14.9 Å². The molecule has 0 aliphatic carbocycles. The Bertz CT molecular complexity index is 1540. The quantitative estimate of drug-likeness (QED) is 0.196. The number of benzene rings is 3. The largest absolute Gasteiger partial charge is 0.454 e. The number of anilines is 2. The van der Waals surface area contributed by atoms with Crippen molar-refractivity contribution in [1.29, 1.82) is 0 Å². The third-order valence-electron chi connectivity index (χ3n) is 6.73. The first-order chi connectivity index (χ1) is 20.3. The number of fused-ring (bicyclic) bond motifs is 1. The molecule has 0 bridgehead atoms. The SMILES string of the molecule is Cc1cc(C)nc(SCC(=O)N(Cc2ccccc2)[C@@H](C(=O)Nc2ccc(N(C)C)cc2)c2ccc3c(c2)OCO3)n1. The number of nitrogens with one attached hydrogen (secondary N) is 1. The van der Waals surface area contributed by atoms with Gasteiger partial charge < -0.3 is 24.6 Å². The number of aromatic nitrogens is 2. The molecular formula is C32H33N5O4S. The third-order valence-corrected chi connectivity index (χ3v) is 7.56. The molecule has 1 N–H and O–H groups in total. The van der Waals surface area contributed by atoms with Crippen LogP contribution in [-0.2, 0) is 16.1 Å². The minimum absolute atomic E-state index is 0.0571. The van der Waals surface area contributed by atoms with E-state index < -0.39 is 6.04 Å². The first-order valence-corrected chi connectivity index (χ1v) is 14.5. The van der Waals surface area contributed by atoms with E-state index in [1.807, 2.05) is 93.5 Å². The van der Waals surface area contributed by atoms with Crippen LogP contribution in [0.4, 0.5) is 11.4 Å². The van der Waals surface area contributed by atoms with Crippen molar-refractivity contribution in [2.45, 2.75) is 31.6 Å². The fraction of sp³-hybridized carbons (Fsp3) is 0.250. The standard InChI is InChI=1S/C32H33N5O4S/c1-21-16-22(2)34-32(33-21)42-19-29(38)37(18-23-8-6-5-7-9-23)30(24-10-15-27-28(17-24)41-20-40-27)31(39)35-25-11-13-26(14-12-25)36(3)4/h5-17,30H,18-20H2,1-4H3,(H,35,39)/t30-/m1/s1. The van der Waals surface area contributed by atoms with Crippen molar-refractivity contribution >= 4 is 35.0 Å². The summed E-state index contributed by atoms with van der Waals surface area (Å²) in [5, 5.41) is 3.55. The maximum absolute atomic E-state index is 14.1. The molecule has 0 unspecified atom stereocenters. The Kier molecular flexibility index (Phi) is 8.92. The number of hydrogen-bond donors (Lipinski definition) is 1. The molecule has 0 fully saturated rings. The number of aryl methyl sites for hydroxylation is 2. The van der Waals surface area contributed by atoms with Crippen molar-refractivity contribution in [2.75, 3.05) is 36.9 Å². The summed E-state index contributed by atoms with van der Waals surface area (Å²) in [5.74, 6) is 0.615. The molecule has 5 rings (SSSR count). The van der Waals surface area contributed by atoms with Gasteiger partial charge in [0.25, 0.3) is 5.91 Å². The van der Waals surface area contributed by atoms with Gasteiger partial charge in [-0.2, -0.15) is 0 Å². The molecule has 1 atom stereocenters. The van der Waals surface area contributed by atoms with Gasteiger partial charge in [0.2, 0.25) is 12.7 Å². The number of carbonyl (C=O) groups is 2. The van der Waals surface area contributed by atoms with Crippen molar-refractivity contribution < 1.29 is 19.1 Å². The van der Waals surface area contributed by atoms with Gasteiger partial charge in [-0.1, -0.05) is 48.2 Å². The molecule has 0 saturated carbocycles. The number of amides is 2. The lowest BCUT2D eigenvalue weighted by Crippen LogP contribution is -2.41. The fourth-order valence-corrected chi connectivity index (χ4v) is 5.52. The zero-order chi connectivity index (χ0) is 29.6. The smallest absolute Gasteiger partial charge is 0.251 e. The van der Waals surface area contributed by atoms with Gasteiger partial charge >= 0.3 is 0 Å². The molecule has 2 heterocycles. The van der Waals surface area contributed by atoms with Gasteiger partial charge in [-0.3, -0.25) is 9.59 Å². The highest BCUT2D eigenvalue weighted by atomic mass is 32.2. The lowest BCUT2D eigenvalue weighted by molar-refractivity contribution is -0.137. The molecule has 1 aliphatic heterocycles. The van der Waals surface area contributed by atoms with Gasteiger partial charge in [0.05, 0.1) is 5.75 Å². The van der Waals surface area contributed by atoms with Crippen molar-refractivity contribution in [3.05, 3.63) is 101 Å². The molecule has 3 aromatic carbocycles. The number of carbonyl (C=O) groups excluding carboxylic acids is 2. The van der Waals surface area contributed by atoms with Gasteiger partial charge in [0.15, 0.2) is 16.7 Å². The van der Waals surface area contributed by atoms with Crippen LogP contribution in [0, 0.1) is 13.8 Å². The highest BCUT2D eigenvalue weighted by molar-refractivity contribution is 7.99. The molecule has 2 amide bonds. The maximum Gasteiger partial charge on any atom is 0.251 e. The molecule has 9 nitrogen and oxygen atoms in total. The number of thioether (sulfide) groups is 1. The minimum atomic E-state index is -0.957. The molecule has 4 aromatic rings. The first kappa shape index (κ1) is 28.9. The van der Waals surface area contributed by atoms with Crippen LogP contribution in [0.1, 0.15) is 28.6 Å². The summed E-state index contributed by atoms with van der Waals surface area (Å²) >= 11 is 1.25. The van der Waals surface area contributed by atoms with Crippen LogP contribution >= 0.6 is 11.8 Å². The van der Waals surface area contributed by atoms with Crippen LogP contribution in [0.2, 0.25) is 0 Å². The summed E-state index contributed by atoms with van der Waals surface area (Å²) < 4.78 is 11.1. The van der Waals surface area contributed by atoms with E-state index in [0.29, 0.717) is 27.9 Å². The molecule has 0 radical (unpaired) electrons. The van der Waals surface area contributed by atoms with E-state index in [4.69, 9.17) is 9.47 Å². The number of nitrogens with zero attached hydrogens (tertiary/aromatic N) is 4. The number of ether oxygens (including phenoxy) is 2. The Morgan fingerprint density at radius 2 is 1.60 bits per heavy atom. The Morgan fingerprint density at radius 1 is 0.905 bits per heavy atom. The van der Waals surface area contributed by atoms with Gasteiger partial charge in [-0.15, -0.1) is 0 Å². The molecule has 10 heteroatoms. The lowest BCUT2D eigenvalue weighted by atomic mass is 10.0. The molecule has 42 heavy (non-hydrogen) atoms. The highest BCUT2D eigenvalue weighted by Crippen LogP contribution is 2.37. The highest BCUT2D eigenvalue weighted by Gasteiger charge is 2.33. The third kappa shape index (κ3) is 7.01. The molecule has 0 spiro atoms. The van der Waals surface area contributed by atoms with E-state index in [1.165, 1.54) is 11.8 Å². The maximum atomic E-state index is 14.1. The predicted octanol–water partition coefficient (Wildman–Crippen LogP) is 5.39. The summed E-state index contributed by atoms with van der Waals surface area (Å²) in [6.45, 7) is 4.12. The summed E-state index contributed by atoms with van der Waals surface area (Å²) in [6, 6.07) is 23.5. The van der Waals surface area contributed by atoms with Crippen LogP contribution in [0.25, 0.3) is 0 Å². The number of hydrogen-bond acceptors (Lipinski definition) is 8. The van der Waals surface area contributed by atoms with Crippen molar-refractivity contribution in [3.8, 4) is 11.5 Å². The second kappa shape index (κ2) is 12.9. The fourth-order valence-electron chi connectivity index (χ4n) is 4.68. The van der Waals surface area contributed by atoms with Crippen LogP contribution in [0.5, 0.6) is 11.5 Å². The van der Waals surface area contributed by atoms with E-state index >= 15 is 0 Å². The van der Waals surface area contributed by atoms with Gasteiger partial charge in [0, 0.05) is 43.4 Å². The van der Waals surface area contributed by atoms with Crippen molar-refractivity contribution in [3.63, 3.8) is 0 Å². The monoisotopic (exact) mass is 583 g/mol. The summed E-state index contributed by atoms with van der Waals surface area (Å²) in [7, 11) is 3.91. The van der Waals surface area contributed by atoms with Gasteiger partial charge in [-0.05, 0) is 67.4 Å². The van der Waals surface area contributed by atoms with E-state index in [0.717, 1.165) is 22.6 Å². The molecule has 216 valence electrons. The average Bonchev–Trinajstić information content (AvgIpc) is 3.44. The molecule has 1 aliphatic rings. The second-order valence-electron chi connectivity index (χ2n) is 10.2. The topological polar surface area (TPSA) is 96.9 Å². The van der Waals surface area contributed by atoms with Crippen LogP contribution < -0.4 is 19.7 Å². The van der Waals surface area contributed by atoms with E-state index in [1.54, 1.807) is 23.1 Å². The Balaban J connectivity index is 1.50. The molecule has 0 saturated heterocycles. The summed E-state index contributed by atoms with van der Waals surface area (Å²) in [6.07, 6.45) is 0. The predicted molar refractivity (Wildman–Crippen MR) is 164 cm³/mol. The van der Waals surface area contributed by atoms with E-state index in [-0.39, 0.29) is 30.9 Å². The van der Waals surface area contributed by atoms with E-state index in [9.17, 15) is 9.59 Å². The Labute approximate surface area is 249 Å². The van der Waals surface area contributed by atoms with Crippen LogP contribution in [0.15, 0.2) is 84.0 Å². The Hall–Kier alpha value is -4.57. The number of rotatable bonds is 10. The second-order valence-corrected chi connectivity index (χ2v) is 11.1. The zero-order valence-corrected chi connectivity index (χ0v) is 24.9. The molecular weight excluding hydrogens is 550 g/mol. The van der Waals surface area contributed by atoms with Crippen LogP contribution in [-0.4, -0.2) is 53.3 Å². The van der Waals surface area contributed by atoms with Gasteiger partial charge in [0.1, 0.15) is 6.04 Å². The van der Waals surface area contributed by atoms with Crippen molar-refractivity contribution in [2.24, 2.45) is 0 Å². The van der Waals surface area contributed by atoms with Crippen LogP contribution in [0.3, 0.4) is 0 Å². The summed E-state index contributed by atoms with van der Waals surface area (Å²) in [4.78, 5) is 40.7. The van der Waals surface area contributed by atoms with E-state index in [2.05, 4.69) is 15.3 Å². The van der Waals surface area contributed by atoms with Gasteiger partial charge in [-0.25, -0.2) is 9.97 Å². The lowest BCUT2D eigenvalue weighted by Gasteiger charge is -2.31. The average molecular weight is 584 g/mol.